The van der Waals surface area contributed by atoms with Crippen molar-refractivity contribution in [3.63, 3.8) is 0 Å². The Morgan fingerprint density at radius 1 is 1.27 bits per heavy atom. The van der Waals surface area contributed by atoms with Crippen molar-refractivity contribution in [2.75, 3.05) is 7.11 Å². The lowest BCUT2D eigenvalue weighted by molar-refractivity contribution is 0.131. The van der Waals surface area contributed by atoms with E-state index in [0.717, 1.165) is 11.3 Å². The van der Waals surface area contributed by atoms with Gasteiger partial charge in [-0.05, 0) is 17.7 Å². The van der Waals surface area contributed by atoms with Gasteiger partial charge in [-0.25, -0.2) is 0 Å². The zero-order chi connectivity index (χ0) is 11.1. The predicted octanol–water partition coefficient (Wildman–Crippen LogP) is 2.73. The number of ether oxygens (including phenoxy) is 1. The molecule has 0 spiro atoms. The number of benzene rings is 1. The molecule has 1 aromatic rings. The van der Waals surface area contributed by atoms with Crippen molar-refractivity contribution < 1.29 is 9.57 Å². The maximum atomic E-state index is 5.08. The molecule has 0 aliphatic carbocycles. The normalized spacial score (nSPS) is 10.9. The first-order chi connectivity index (χ1) is 7.22. The van der Waals surface area contributed by atoms with E-state index in [2.05, 4.69) is 11.4 Å². The van der Waals surface area contributed by atoms with E-state index in [1.807, 2.05) is 38.1 Å². The summed E-state index contributed by atoms with van der Waals surface area (Å²) in [6.07, 6.45) is 2.82. The first-order valence-electron chi connectivity index (χ1n) is 4.93. The van der Waals surface area contributed by atoms with E-state index in [1.54, 1.807) is 7.11 Å². The van der Waals surface area contributed by atoms with Gasteiger partial charge in [0.25, 0.3) is 0 Å². The maximum Gasteiger partial charge on any atom is 0.142 e. The molecule has 0 aromatic heterocycles. The molecule has 0 fully saturated rings. The largest absolute Gasteiger partial charge is 0.497 e. The van der Waals surface area contributed by atoms with Crippen molar-refractivity contribution in [3.05, 3.63) is 29.8 Å². The van der Waals surface area contributed by atoms with Crippen LogP contribution in [0.3, 0.4) is 0 Å². The molecule has 1 radical (unpaired) electrons. The summed E-state index contributed by atoms with van der Waals surface area (Å²) < 4.78 is 5.05. The molecule has 0 amide bonds. The van der Waals surface area contributed by atoms with Crippen LogP contribution in [0, 0.1) is 5.92 Å². The SMILES string of the molecule is COc1ccc(CO/N=[C]\C(C)C)cc1. The highest BCUT2D eigenvalue weighted by atomic mass is 16.6. The number of nitrogens with zero attached hydrogens (tertiary/aromatic N) is 1. The lowest BCUT2D eigenvalue weighted by Crippen LogP contribution is -1.91. The van der Waals surface area contributed by atoms with Crippen molar-refractivity contribution in [2.24, 2.45) is 11.1 Å². The van der Waals surface area contributed by atoms with Gasteiger partial charge < -0.3 is 9.57 Å². The number of methoxy groups -OCH3 is 1. The zero-order valence-corrected chi connectivity index (χ0v) is 9.36. The minimum Gasteiger partial charge on any atom is -0.497 e. The van der Waals surface area contributed by atoms with Crippen LogP contribution in [0.4, 0.5) is 0 Å². The molecule has 1 aromatic carbocycles. The summed E-state index contributed by atoms with van der Waals surface area (Å²) in [4.78, 5) is 5.08. The van der Waals surface area contributed by atoms with Crippen molar-refractivity contribution in [1.82, 2.24) is 0 Å². The molecule has 0 atom stereocenters. The van der Waals surface area contributed by atoms with Crippen LogP contribution in [0.2, 0.25) is 0 Å². The van der Waals surface area contributed by atoms with Gasteiger partial charge >= 0.3 is 0 Å². The first kappa shape index (κ1) is 11.6. The molecule has 3 nitrogen and oxygen atoms in total. The fraction of sp³-hybridized carbons (Fsp3) is 0.417. The zero-order valence-electron chi connectivity index (χ0n) is 9.36. The molecule has 0 aliphatic rings. The average molecular weight is 206 g/mol. The minimum absolute atomic E-state index is 0.292. The van der Waals surface area contributed by atoms with Crippen LogP contribution in [-0.4, -0.2) is 13.3 Å². The van der Waals surface area contributed by atoms with Gasteiger partial charge in [-0.15, -0.1) is 0 Å². The van der Waals surface area contributed by atoms with Crippen LogP contribution in [0.25, 0.3) is 0 Å². The van der Waals surface area contributed by atoms with Crippen LogP contribution in [0.5, 0.6) is 5.75 Å². The highest BCUT2D eigenvalue weighted by molar-refractivity contribution is 5.58. The van der Waals surface area contributed by atoms with Gasteiger partial charge in [-0.3, -0.25) is 0 Å². The Labute approximate surface area is 90.7 Å². The van der Waals surface area contributed by atoms with Gasteiger partial charge in [0.1, 0.15) is 18.6 Å². The minimum atomic E-state index is 0.292. The average Bonchev–Trinajstić information content (AvgIpc) is 2.25. The molecule has 15 heavy (non-hydrogen) atoms. The van der Waals surface area contributed by atoms with Gasteiger partial charge in [0.2, 0.25) is 0 Å². The van der Waals surface area contributed by atoms with Gasteiger partial charge in [0.15, 0.2) is 0 Å². The third-order valence-electron chi connectivity index (χ3n) is 1.77. The Kier molecular flexibility index (Phi) is 4.68. The van der Waals surface area contributed by atoms with Gasteiger partial charge in [0, 0.05) is 5.92 Å². The molecule has 0 heterocycles. The molecule has 81 valence electrons. The molecule has 1 rings (SSSR count). The summed E-state index contributed by atoms with van der Waals surface area (Å²) in [5, 5.41) is 3.73. The molecule has 3 heteroatoms. The highest BCUT2D eigenvalue weighted by Crippen LogP contribution is 2.11. The predicted molar refractivity (Wildman–Crippen MR) is 60.1 cm³/mol. The van der Waals surface area contributed by atoms with Crippen molar-refractivity contribution in [1.29, 1.82) is 0 Å². The number of rotatable bonds is 5. The molecule has 0 bridgehead atoms. The van der Waals surface area contributed by atoms with E-state index in [9.17, 15) is 0 Å². The van der Waals surface area contributed by atoms with Crippen molar-refractivity contribution in [3.8, 4) is 5.75 Å². The quantitative estimate of drug-likeness (QED) is 0.548. The summed E-state index contributed by atoms with van der Waals surface area (Å²) in [6, 6.07) is 7.69. The summed E-state index contributed by atoms with van der Waals surface area (Å²) >= 11 is 0. The Morgan fingerprint density at radius 2 is 1.93 bits per heavy atom. The Morgan fingerprint density at radius 3 is 2.47 bits per heavy atom. The van der Waals surface area contributed by atoms with E-state index in [-0.39, 0.29) is 0 Å². The van der Waals surface area contributed by atoms with Crippen LogP contribution in [0.15, 0.2) is 29.4 Å². The molecule has 0 unspecified atom stereocenters. The second kappa shape index (κ2) is 6.06. The molecular weight excluding hydrogens is 190 g/mol. The molecular formula is C12H16NO2. The van der Waals surface area contributed by atoms with Crippen LogP contribution >= 0.6 is 0 Å². The van der Waals surface area contributed by atoms with Gasteiger partial charge in [0.05, 0.1) is 7.11 Å². The van der Waals surface area contributed by atoms with Crippen molar-refractivity contribution in [2.45, 2.75) is 20.5 Å². The lowest BCUT2D eigenvalue weighted by Gasteiger charge is -2.02. The van der Waals surface area contributed by atoms with E-state index in [4.69, 9.17) is 9.57 Å². The highest BCUT2D eigenvalue weighted by Gasteiger charge is 1.94. The fourth-order valence-corrected chi connectivity index (χ4v) is 0.971. The Hall–Kier alpha value is -1.51. The van der Waals surface area contributed by atoms with E-state index in [1.165, 1.54) is 0 Å². The third-order valence-corrected chi connectivity index (χ3v) is 1.77. The van der Waals surface area contributed by atoms with Crippen LogP contribution in [-0.2, 0) is 11.4 Å². The standard InChI is InChI=1S/C12H16NO2/c1-10(2)8-13-15-9-11-4-6-12(14-3)7-5-11/h4-7,10H,9H2,1-3H3. The smallest absolute Gasteiger partial charge is 0.142 e. The lowest BCUT2D eigenvalue weighted by atomic mass is 10.2. The summed E-state index contributed by atoms with van der Waals surface area (Å²) in [7, 11) is 1.65. The number of hydrogen-bond donors (Lipinski definition) is 0. The fourth-order valence-electron chi connectivity index (χ4n) is 0.971. The van der Waals surface area contributed by atoms with E-state index >= 15 is 0 Å². The van der Waals surface area contributed by atoms with Crippen LogP contribution in [0.1, 0.15) is 19.4 Å². The topological polar surface area (TPSA) is 30.8 Å². The van der Waals surface area contributed by atoms with Gasteiger partial charge in [-0.1, -0.05) is 31.1 Å². The van der Waals surface area contributed by atoms with Crippen molar-refractivity contribution >= 4 is 6.21 Å². The second-order valence-corrected chi connectivity index (χ2v) is 3.50. The molecule has 0 saturated carbocycles. The summed E-state index contributed by atoms with van der Waals surface area (Å²) in [5.74, 6) is 1.14. The molecule has 0 aliphatic heterocycles. The van der Waals surface area contributed by atoms with Crippen LogP contribution < -0.4 is 4.74 Å². The summed E-state index contributed by atoms with van der Waals surface area (Å²) in [5.41, 5.74) is 1.06. The molecule has 0 saturated heterocycles. The first-order valence-corrected chi connectivity index (χ1v) is 4.93. The van der Waals surface area contributed by atoms with E-state index in [0.29, 0.717) is 12.5 Å². The third kappa shape index (κ3) is 4.49. The maximum absolute atomic E-state index is 5.08. The Bertz CT molecular complexity index is 304. The molecule has 0 N–H and O–H groups in total. The summed E-state index contributed by atoms with van der Waals surface area (Å²) in [6.45, 7) is 4.46. The number of hydrogen-bond acceptors (Lipinski definition) is 3. The monoisotopic (exact) mass is 206 g/mol. The van der Waals surface area contributed by atoms with E-state index < -0.39 is 0 Å². The second-order valence-electron chi connectivity index (χ2n) is 3.50. The Balaban J connectivity index is 2.38. The van der Waals surface area contributed by atoms with Gasteiger partial charge in [-0.2, -0.15) is 0 Å².